The van der Waals surface area contributed by atoms with Gasteiger partial charge in [0.1, 0.15) is 17.5 Å². The van der Waals surface area contributed by atoms with Crippen LogP contribution in [0.3, 0.4) is 0 Å². The number of nitrogens with two attached hydrogens (primary N) is 1. The fourth-order valence-corrected chi connectivity index (χ4v) is 7.85. The normalized spacial score (nSPS) is 30.1. The van der Waals surface area contributed by atoms with Crippen LogP contribution in [0.25, 0.3) is 0 Å². The second kappa shape index (κ2) is 11.6. The number of pyridine rings is 1. The number of carbonyl (C=O) groups is 3. The third-order valence-corrected chi connectivity index (χ3v) is 10.2. The van der Waals surface area contributed by atoms with Gasteiger partial charge in [-0.3, -0.25) is 14.4 Å². The van der Waals surface area contributed by atoms with Crippen molar-refractivity contribution in [2.75, 3.05) is 12.4 Å². The van der Waals surface area contributed by atoms with Crippen LogP contribution < -0.4 is 21.1 Å². The summed E-state index contributed by atoms with van der Waals surface area (Å²) in [7, 11) is 1.38. The number of methoxy groups -OCH3 is 1. The number of oxime groups is 1. The maximum absolute atomic E-state index is 14.0. The molecule has 4 aliphatic carbocycles. The van der Waals surface area contributed by atoms with E-state index >= 15 is 0 Å². The first-order valence-corrected chi connectivity index (χ1v) is 15.7. The molecular weight excluding hydrogens is 622 g/mol. The summed E-state index contributed by atoms with van der Waals surface area (Å²) in [6, 6.07) is 3.26. The van der Waals surface area contributed by atoms with E-state index < -0.39 is 47.2 Å². The van der Waals surface area contributed by atoms with Gasteiger partial charge in [-0.1, -0.05) is 16.8 Å². The Kier molecular flexibility index (Phi) is 7.71. The molecule has 7 rings (SSSR count). The summed E-state index contributed by atoms with van der Waals surface area (Å²) in [5.41, 5.74) is 6.11. The second-order valence-corrected chi connectivity index (χ2v) is 13.1. The van der Waals surface area contributed by atoms with Crippen LogP contribution in [0.15, 0.2) is 47.3 Å². The Morgan fingerprint density at radius 3 is 2.53 bits per heavy atom. The number of benzene rings is 1. The summed E-state index contributed by atoms with van der Waals surface area (Å²) in [6.07, 6.45) is 2.88. The van der Waals surface area contributed by atoms with Crippen molar-refractivity contribution in [2.45, 2.75) is 56.8 Å². The number of carbonyl (C=O) groups excluding carboxylic acids is 3. The van der Waals surface area contributed by atoms with Gasteiger partial charge in [0.25, 0.3) is 5.91 Å². The van der Waals surface area contributed by atoms with E-state index in [9.17, 15) is 31.9 Å². The van der Waals surface area contributed by atoms with Crippen LogP contribution in [-0.2, 0) is 20.6 Å². The molecule has 3 amide bonds. The Morgan fingerprint density at radius 2 is 1.83 bits per heavy atom. The Hall–Kier alpha value is -4.49. The van der Waals surface area contributed by atoms with Crippen molar-refractivity contribution in [3.05, 3.63) is 64.6 Å². The number of ether oxygens (including phenoxy) is 1. The number of halogens is 4. The van der Waals surface area contributed by atoms with E-state index in [1.165, 1.54) is 13.3 Å². The van der Waals surface area contributed by atoms with Crippen molar-refractivity contribution in [1.29, 1.82) is 0 Å². The van der Waals surface area contributed by atoms with Crippen molar-refractivity contribution in [3.63, 3.8) is 0 Å². The Bertz CT molecular complexity index is 1710. The molecule has 1 aromatic heterocycles. The van der Waals surface area contributed by atoms with E-state index in [-0.39, 0.29) is 46.9 Å². The van der Waals surface area contributed by atoms with E-state index in [2.05, 4.69) is 26.8 Å². The number of hydrogen-bond acceptors (Lipinski definition) is 7. The van der Waals surface area contributed by atoms with Crippen molar-refractivity contribution in [1.82, 2.24) is 10.3 Å². The minimum atomic E-state index is -4.94. The molecule has 1 aromatic carbocycles. The number of hydrogen-bond donors (Lipinski definition) is 3. The molecule has 1 aliphatic heterocycles. The topological polar surface area (TPSA) is 145 Å². The zero-order valence-corrected chi connectivity index (χ0v) is 25.4. The van der Waals surface area contributed by atoms with E-state index in [1.54, 1.807) is 6.07 Å². The first kappa shape index (κ1) is 31.1. The molecule has 3 unspecified atom stereocenters. The molecule has 10 nitrogen and oxygen atoms in total. The fraction of sp³-hybridized carbons (Fsp3) is 0.485. The quantitative estimate of drug-likeness (QED) is 0.280. The number of aromatic nitrogens is 1. The molecule has 2 heterocycles. The lowest BCUT2D eigenvalue weighted by atomic mass is 9.83. The van der Waals surface area contributed by atoms with Gasteiger partial charge in [-0.15, -0.1) is 0 Å². The highest BCUT2D eigenvalue weighted by Gasteiger charge is 2.55. The molecule has 2 aromatic rings. The van der Waals surface area contributed by atoms with Gasteiger partial charge in [0, 0.05) is 41.2 Å². The van der Waals surface area contributed by atoms with E-state index in [0.29, 0.717) is 48.6 Å². The second-order valence-electron chi connectivity index (χ2n) is 13.1. The molecule has 47 heavy (non-hydrogen) atoms. The van der Waals surface area contributed by atoms with Crippen molar-refractivity contribution >= 4 is 29.1 Å². The molecule has 248 valence electrons. The molecule has 5 aliphatic rings. The number of allylic oxidation sites excluding steroid dienone is 1. The summed E-state index contributed by atoms with van der Waals surface area (Å²) in [5.74, 6) is -4.17. The van der Waals surface area contributed by atoms with Gasteiger partial charge >= 0.3 is 6.18 Å². The Morgan fingerprint density at radius 1 is 1.06 bits per heavy atom. The number of fused-ring (bicyclic) bond motifs is 3. The van der Waals surface area contributed by atoms with Crippen LogP contribution in [0.1, 0.15) is 60.0 Å². The highest BCUT2D eigenvalue weighted by molar-refractivity contribution is 6.06. The van der Waals surface area contributed by atoms with Gasteiger partial charge in [0.2, 0.25) is 17.7 Å². The predicted octanol–water partition coefficient (Wildman–Crippen LogP) is 4.59. The summed E-state index contributed by atoms with van der Waals surface area (Å²) in [5, 5.41) is 9.82. The summed E-state index contributed by atoms with van der Waals surface area (Å²) >= 11 is 0. The predicted molar refractivity (Wildman–Crippen MR) is 159 cm³/mol. The number of amides is 3. The molecule has 4 N–H and O–H groups in total. The highest BCUT2D eigenvalue weighted by Crippen LogP contribution is 2.54. The lowest BCUT2D eigenvalue weighted by Gasteiger charge is -2.30. The zero-order chi connectivity index (χ0) is 33.2. The molecule has 4 fully saturated rings. The number of primary amides is 1. The van der Waals surface area contributed by atoms with E-state index in [1.807, 2.05) is 0 Å². The highest BCUT2D eigenvalue weighted by atomic mass is 19.4. The molecule has 2 bridgehead atoms. The first-order valence-electron chi connectivity index (χ1n) is 15.7. The fourth-order valence-electron chi connectivity index (χ4n) is 7.85. The van der Waals surface area contributed by atoms with Gasteiger partial charge in [-0.25, -0.2) is 9.37 Å². The van der Waals surface area contributed by atoms with Gasteiger partial charge in [0.15, 0.2) is 0 Å². The summed E-state index contributed by atoms with van der Waals surface area (Å²) in [6.45, 7) is 0. The lowest BCUT2D eigenvalue weighted by molar-refractivity contribution is -0.140. The van der Waals surface area contributed by atoms with Crippen molar-refractivity contribution < 1.29 is 41.5 Å². The van der Waals surface area contributed by atoms with Crippen LogP contribution in [0.5, 0.6) is 5.88 Å². The van der Waals surface area contributed by atoms with Gasteiger partial charge in [-0.05, 0) is 74.6 Å². The molecule has 0 radical (unpaired) electrons. The monoisotopic (exact) mass is 655 g/mol. The average Bonchev–Trinajstić information content (AvgIpc) is 3.30. The molecule has 0 saturated heterocycles. The van der Waals surface area contributed by atoms with Crippen LogP contribution in [0, 0.1) is 41.3 Å². The van der Waals surface area contributed by atoms with Crippen LogP contribution in [-0.4, -0.2) is 47.7 Å². The summed E-state index contributed by atoms with van der Waals surface area (Å²) < 4.78 is 59.5. The van der Waals surface area contributed by atoms with Gasteiger partial charge < -0.3 is 25.9 Å². The smallest absolute Gasteiger partial charge is 0.419 e. The number of rotatable bonds is 8. The minimum Gasteiger partial charge on any atom is -0.480 e. The Labute approximate surface area is 267 Å². The molecule has 7 atom stereocenters. The average molecular weight is 656 g/mol. The maximum atomic E-state index is 14.0. The third-order valence-electron chi connectivity index (χ3n) is 10.2. The molecule has 14 heteroatoms. The Balaban J connectivity index is 1.16. The van der Waals surface area contributed by atoms with E-state index in [0.717, 1.165) is 30.9 Å². The van der Waals surface area contributed by atoms with Crippen molar-refractivity contribution in [2.24, 2.45) is 46.4 Å². The zero-order valence-electron chi connectivity index (χ0n) is 25.4. The first-order chi connectivity index (χ1) is 22.4. The summed E-state index contributed by atoms with van der Waals surface area (Å²) in [4.78, 5) is 49.5. The third kappa shape index (κ3) is 5.71. The van der Waals surface area contributed by atoms with Crippen LogP contribution in [0.2, 0.25) is 0 Å². The number of anilines is 1. The SMILES string of the molecule is COc1ncc(C2=NOC3CC(C(N)=O)CC23)cc1C(=O)N[C@H]1[C@@H](C(=O)Nc2ccc(F)c(C(F)(F)F)c2)[C@H]2CC[C@@H]1/C2=C\C1CC1. The molecule has 4 saturated carbocycles. The van der Waals surface area contributed by atoms with E-state index in [4.69, 9.17) is 15.3 Å². The largest absolute Gasteiger partial charge is 0.480 e. The van der Waals surface area contributed by atoms with Crippen LogP contribution >= 0.6 is 0 Å². The lowest BCUT2D eigenvalue weighted by Crippen LogP contribution is -2.48. The van der Waals surface area contributed by atoms with Crippen LogP contribution in [0.4, 0.5) is 23.2 Å². The standard InChI is InChI=1S/C33H33F4N5O5/c1-46-32-22(10-16(13-39-32)27-21-9-15(29(38)43)11-25(21)47-42-27)30(44)41-28-19-6-5-18(20(19)8-14-2-3-14)26(28)31(45)40-17-4-7-24(34)23(12-17)33(35,36)37/h4,7-8,10,12-15,18-19,21,25-26,28H,2-3,5-6,9,11H2,1H3,(H2,38,43)(H,40,45)(H,41,44)/b20-8-/t15?,18-,19+,21?,25?,26-,28+/m0/s1. The van der Waals surface area contributed by atoms with Gasteiger partial charge in [0.05, 0.1) is 24.3 Å². The molecular formula is C33H33F4N5O5. The number of nitrogens with zero attached hydrogens (tertiary/aromatic N) is 2. The van der Waals surface area contributed by atoms with Crippen molar-refractivity contribution in [3.8, 4) is 5.88 Å². The number of nitrogens with one attached hydrogen (secondary N) is 2. The number of alkyl halides is 3. The minimum absolute atomic E-state index is 0.0487. The van der Waals surface area contributed by atoms with Gasteiger partial charge in [-0.2, -0.15) is 13.2 Å². The maximum Gasteiger partial charge on any atom is 0.419 e. The molecule has 0 spiro atoms.